The standard InChI is InChI=1S/C14H19NO4/c1-4-15(5-2)14(17)10-19-13-8-11(9-16)6-7-12(13)18-3/h6-9H,4-5,10H2,1-3H3. The molecule has 0 saturated carbocycles. The van der Waals surface area contributed by atoms with Gasteiger partial charge in [-0.1, -0.05) is 0 Å². The lowest BCUT2D eigenvalue weighted by Gasteiger charge is -2.19. The van der Waals surface area contributed by atoms with Crippen LogP contribution in [0.2, 0.25) is 0 Å². The monoisotopic (exact) mass is 265 g/mol. The lowest BCUT2D eigenvalue weighted by atomic mass is 10.2. The van der Waals surface area contributed by atoms with Crippen molar-refractivity contribution in [3.05, 3.63) is 23.8 Å². The van der Waals surface area contributed by atoms with Crippen molar-refractivity contribution in [2.45, 2.75) is 13.8 Å². The van der Waals surface area contributed by atoms with Crippen molar-refractivity contribution in [3.8, 4) is 11.5 Å². The van der Waals surface area contributed by atoms with Gasteiger partial charge in [0, 0.05) is 18.7 Å². The SMILES string of the molecule is CCN(CC)C(=O)COc1cc(C=O)ccc1OC. The molecule has 0 radical (unpaired) electrons. The summed E-state index contributed by atoms with van der Waals surface area (Å²) in [6, 6.07) is 4.83. The number of carbonyl (C=O) groups excluding carboxylic acids is 2. The average molecular weight is 265 g/mol. The minimum atomic E-state index is -0.0939. The Morgan fingerprint density at radius 1 is 1.26 bits per heavy atom. The van der Waals surface area contributed by atoms with Crippen molar-refractivity contribution < 1.29 is 19.1 Å². The van der Waals surface area contributed by atoms with Gasteiger partial charge in [0.05, 0.1) is 7.11 Å². The molecule has 1 rings (SSSR count). The molecule has 104 valence electrons. The first kappa shape index (κ1) is 15.0. The second-order valence-corrected chi connectivity index (χ2v) is 3.88. The Hall–Kier alpha value is -2.04. The molecular formula is C14H19NO4. The molecule has 0 spiro atoms. The van der Waals surface area contributed by atoms with Gasteiger partial charge in [-0.3, -0.25) is 9.59 Å². The van der Waals surface area contributed by atoms with E-state index < -0.39 is 0 Å². The molecule has 0 heterocycles. The zero-order chi connectivity index (χ0) is 14.3. The fraction of sp³-hybridized carbons (Fsp3) is 0.429. The number of amides is 1. The van der Waals surface area contributed by atoms with E-state index in [0.717, 1.165) is 6.29 Å². The summed E-state index contributed by atoms with van der Waals surface area (Å²) in [5, 5.41) is 0. The number of carbonyl (C=O) groups is 2. The van der Waals surface area contributed by atoms with Crippen LogP contribution in [0, 0.1) is 0 Å². The van der Waals surface area contributed by atoms with Gasteiger partial charge in [-0.25, -0.2) is 0 Å². The third-order valence-corrected chi connectivity index (χ3v) is 2.79. The highest BCUT2D eigenvalue weighted by Crippen LogP contribution is 2.27. The van der Waals surface area contributed by atoms with Crippen LogP contribution in [-0.2, 0) is 4.79 Å². The van der Waals surface area contributed by atoms with E-state index in [9.17, 15) is 9.59 Å². The Morgan fingerprint density at radius 3 is 2.47 bits per heavy atom. The van der Waals surface area contributed by atoms with E-state index in [0.29, 0.717) is 30.2 Å². The van der Waals surface area contributed by atoms with Crippen LogP contribution in [0.1, 0.15) is 24.2 Å². The van der Waals surface area contributed by atoms with Gasteiger partial charge in [0.15, 0.2) is 18.1 Å². The third kappa shape index (κ3) is 3.98. The summed E-state index contributed by atoms with van der Waals surface area (Å²) >= 11 is 0. The van der Waals surface area contributed by atoms with Crippen LogP contribution < -0.4 is 9.47 Å². The number of methoxy groups -OCH3 is 1. The minimum Gasteiger partial charge on any atom is -0.493 e. The first-order valence-electron chi connectivity index (χ1n) is 6.20. The number of rotatable bonds is 7. The first-order chi connectivity index (χ1) is 9.15. The van der Waals surface area contributed by atoms with E-state index >= 15 is 0 Å². The number of benzene rings is 1. The Kier molecular flexibility index (Phi) is 5.85. The first-order valence-corrected chi connectivity index (χ1v) is 6.20. The topological polar surface area (TPSA) is 55.8 Å². The predicted octanol–water partition coefficient (Wildman–Crippen LogP) is 1.75. The quantitative estimate of drug-likeness (QED) is 0.705. The lowest BCUT2D eigenvalue weighted by Crippen LogP contribution is -2.34. The zero-order valence-corrected chi connectivity index (χ0v) is 11.5. The molecule has 19 heavy (non-hydrogen) atoms. The summed E-state index contributed by atoms with van der Waals surface area (Å²) in [5.74, 6) is 0.800. The normalized spacial score (nSPS) is 9.84. The summed E-state index contributed by atoms with van der Waals surface area (Å²) in [7, 11) is 1.51. The summed E-state index contributed by atoms with van der Waals surface area (Å²) in [6.45, 7) is 5.04. The minimum absolute atomic E-state index is 0.0691. The van der Waals surface area contributed by atoms with Crippen LogP contribution >= 0.6 is 0 Å². The molecule has 0 aliphatic rings. The number of hydrogen-bond acceptors (Lipinski definition) is 4. The summed E-state index contributed by atoms with van der Waals surface area (Å²) in [6.07, 6.45) is 0.721. The van der Waals surface area contributed by atoms with Crippen molar-refractivity contribution in [1.82, 2.24) is 4.90 Å². The highest BCUT2D eigenvalue weighted by Gasteiger charge is 2.12. The average Bonchev–Trinajstić information content (AvgIpc) is 2.45. The van der Waals surface area contributed by atoms with Gasteiger partial charge in [0.25, 0.3) is 5.91 Å². The Balaban J connectivity index is 2.75. The molecule has 0 atom stereocenters. The predicted molar refractivity (Wildman–Crippen MR) is 71.8 cm³/mol. The van der Waals surface area contributed by atoms with Crippen LogP contribution in [-0.4, -0.2) is 43.9 Å². The van der Waals surface area contributed by atoms with E-state index in [2.05, 4.69) is 0 Å². The Morgan fingerprint density at radius 2 is 1.95 bits per heavy atom. The number of likely N-dealkylation sites (N-methyl/N-ethyl adjacent to an activating group) is 1. The zero-order valence-electron chi connectivity index (χ0n) is 11.5. The summed E-state index contributed by atoms with van der Waals surface area (Å²) in [4.78, 5) is 24.2. The maximum absolute atomic E-state index is 11.8. The van der Waals surface area contributed by atoms with Crippen molar-refractivity contribution in [3.63, 3.8) is 0 Å². The van der Waals surface area contributed by atoms with Crippen molar-refractivity contribution in [2.24, 2.45) is 0 Å². The Labute approximate surface area is 113 Å². The van der Waals surface area contributed by atoms with Crippen molar-refractivity contribution >= 4 is 12.2 Å². The second-order valence-electron chi connectivity index (χ2n) is 3.88. The van der Waals surface area contributed by atoms with E-state index in [1.54, 1.807) is 23.1 Å². The maximum atomic E-state index is 11.8. The van der Waals surface area contributed by atoms with E-state index in [1.165, 1.54) is 7.11 Å². The Bertz CT molecular complexity index is 441. The maximum Gasteiger partial charge on any atom is 0.260 e. The molecule has 0 aliphatic heterocycles. The van der Waals surface area contributed by atoms with Crippen LogP contribution in [0.3, 0.4) is 0 Å². The molecule has 0 fully saturated rings. The molecular weight excluding hydrogens is 246 g/mol. The smallest absolute Gasteiger partial charge is 0.260 e. The summed E-state index contributed by atoms with van der Waals surface area (Å²) < 4.78 is 10.6. The fourth-order valence-electron chi connectivity index (χ4n) is 1.69. The molecule has 0 N–H and O–H groups in total. The molecule has 0 aliphatic carbocycles. The van der Waals surface area contributed by atoms with Gasteiger partial charge in [-0.15, -0.1) is 0 Å². The van der Waals surface area contributed by atoms with Gasteiger partial charge < -0.3 is 14.4 Å². The molecule has 1 aromatic rings. The van der Waals surface area contributed by atoms with E-state index in [1.807, 2.05) is 13.8 Å². The molecule has 0 aromatic heterocycles. The molecule has 0 saturated heterocycles. The molecule has 1 aromatic carbocycles. The largest absolute Gasteiger partial charge is 0.493 e. The second kappa shape index (κ2) is 7.41. The molecule has 1 amide bonds. The number of ether oxygens (including phenoxy) is 2. The van der Waals surface area contributed by atoms with E-state index in [-0.39, 0.29) is 12.5 Å². The van der Waals surface area contributed by atoms with Crippen LogP contribution in [0.4, 0.5) is 0 Å². The number of aldehydes is 1. The van der Waals surface area contributed by atoms with Gasteiger partial charge in [-0.2, -0.15) is 0 Å². The van der Waals surface area contributed by atoms with Crippen LogP contribution in [0.25, 0.3) is 0 Å². The highest BCUT2D eigenvalue weighted by molar-refractivity contribution is 5.78. The molecule has 0 bridgehead atoms. The van der Waals surface area contributed by atoms with Gasteiger partial charge in [-0.05, 0) is 32.0 Å². The highest BCUT2D eigenvalue weighted by atomic mass is 16.5. The molecule has 5 nitrogen and oxygen atoms in total. The van der Waals surface area contributed by atoms with E-state index in [4.69, 9.17) is 9.47 Å². The van der Waals surface area contributed by atoms with Crippen molar-refractivity contribution in [1.29, 1.82) is 0 Å². The van der Waals surface area contributed by atoms with Gasteiger partial charge in [0.2, 0.25) is 0 Å². The molecule has 5 heteroatoms. The van der Waals surface area contributed by atoms with Crippen LogP contribution in [0.15, 0.2) is 18.2 Å². The molecule has 0 unspecified atom stereocenters. The van der Waals surface area contributed by atoms with Crippen molar-refractivity contribution in [2.75, 3.05) is 26.8 Å². The number of nitrogens with zero attached hydrogens (tertiary/aromatic N) is 1. The third-order valence-electron chi connectivity index (χ3n) is 2.79. The van der Waals surface area contributed by atoms with Crippen LogP contribution in [0.5, 0.6) is 11.5 Å². The van der Waals surface area contributed by atoms with Gasteiger partial charge in [0.1, 0.15) is 6.29 Å². The number of hydrogen-bond donors (Lipinski definition) is 0. The van der Waals surface area contributed by atoms with Gasteiger partial charge >= 0.3 is 0 Å². The summed E-state index contributed by atoms with van der Waals surface area (Å²) in [5.41, 5.74) is 0.478. The lowest BCUT2D eigenvalue weighted by molar-refractivity contribution is -0.132. The fourth-order valence-corrected chi connectivity index (χ4v) is 1.69.